The molecule has 0 unspecified atom stereocenters. The molecule has 0 radical (unpaired) electrons. The molecule has 0 saturated heterocycles. The van der Waals surface area contributed by atoms with Gasteiger partial charge in [-0.05, 0) is 53.5 Å². The summed E-state index contributed by atoms with van der Waals surface area (Å²) >= 11 is 3.39. The average Bonchev–Trinajstić information content (AvgIpc) is 2.80. The number of carbonyl (C=O) groups is 1. The van der Waals surface area contributed by atoms with E-state index in [1.165, 1.54) is 0 Å². The Bertz CT molecular complexity index is 833. The van der Waals surface area contributed by atoms with Crippen LogP contribution in [0.2, 0.25) is 0 Å². The highest BCUT2D eigenvalue weighted by atomic mass is 79.9. The van der Waals surface area contributed by atoms with Crippen molar-refractivity contribution in [2.24, 2.45) is 0 Å². The number of rotatable bonds is 2. The molecule has 3 aromatic rings. The lowest BCUT2D eigenvalue weighted by Gasteiger charge is -2.06. The first-order chi connectivity index (χ1) is 10.1. The van der Waals surface area contributed by atoms with Gasteiger partial charge in [0.25, 0.3) is 0 Å². The molecule has 0 aliphatic heterocycles. The molecule has 0 spiro atoms. The molecule has 106 valence electrons. The van der Waals surface area contributed by atoms with E-state index >= 15 is 0 Å². The van der Waals surface area contributed by atoms with Crippen molar-refractivity contribution in [2.75, 3.05) is 0 Å². The van der Waals surface area contributed by atoms with Crippen LogP contribution in [0.15, 0.2) is 51.4 Å². The highest BCUT2D eigenvalue weighted by Gasteiger charge is 2.20. The van der Waals surface area contributed by atoms with Crippen molar-refractivity contribution in [3.8, 4) is 5.75 Å². The second-order valence-corrected chi connectivity index (χ2v) is 5.73. The zero-order chi connectivity index (χ0) is 15.0. The summed E-state index contributed by atoms with van der Waals surface area (Å²) in [5.74, 6) is 0.224. The van der Waals surface area contributed by atoms with Crippen LogP contribution in [0.25, 0.3) is 11.0 Å². The van der Waals surface area contributed by atoms with Crippen molar-refractivity contribution in [3.05, 3.63) is 63.8 Å². The Morgan fingerprint density at radius 2 is 1.90 bits per heavy atom. The van der Waals surface area contributed by atoms with E-state index in [-0.39, 0.29) is 5.76 Å². The Balaban J connectivity index is 1.95. The van der Waals surface area contributed by atoms with Crippen molar-refractivity contribution in [1.82, 2.24) is 0 Å². The number of para-hydroxylation sites is 1. The number of carbonyl (C=O) groups excluding carboxylic acids is 1. The predicted molar refractivity (Wildman–Crippen MR) is 84.8 cm³/mol. The normalized spacial score (nSPS) is 10.8. The summed E-state index contributed by atoms with van der Waals surface area (Å²) in [5.41, 5.74) is 2.56. The standard InChI is InChI=1S/C17H13BrO3/c1-10-7-8-15(13(18)9-10)21-17(19)16-11(2)12-5-3-4-6-14(12)20-16/h3-9H,1-2H3. The molecule has 3 nitrogen and oxygen atoms in total. The number of aryl methyl sites for hydroxylation is 2. The molecule has 0 N–H and O–H groups in total. The highest BCUT2D eigenvalue weighted by Crippen LogP contribution is 2.29. The van der Waals surface area contributed by atoms with Crippen LogP contribution >= 0.6 is 15.9 Å². The number of hydrogen-bond acceptors (Lipinski definition) is 3. The molecule has 21 heavy (non-hydrogen) atoms. The Kier molecular flexibility index (Phi) is 3.55. The van der Waals surface area contributed by atoms with Gasteiger partial charge in [-0.3, -0.25) is 0 Å². The van der Waals surface area contributed by atoms with Gasteiger partial charge in [0.2, 0.25) is 5.76 Å². The predicted octanol–water partition coefficient (Wildman–Crippen LogP) is 5.03. The minimum atomic E-state index is -0.492. The monoisotopic (exact) mass is 344 g/mol. The summed E-state index contributed by atoms with van der Waals surface area (Å²) in [7, 11) is 0. The van der Waals surface area contributed by atoms with Gasteiger partial charge >= 0.3 is 5.97 Å². The molecule has 0 fully saturated rings. The molecule has 2 aromatic carbocycles. The first-order valence-corrected chi connectivity index (χ1v) is 7.32. The van der Waals surface area contributed by atoms with Gasteiger partial charge in [-0.2, -0.15) is 0 Å². The van der Waals surface area contributed by atoms with E-state index in [1.807, 2.05) is 50.2 Å². The van der Waals surface area contributed by atoms with Crippen LogP contribution in [0.4, 0.5) is 0 Å². The number of fused-ring (bicyclic) bond motifs is 1. The van der Waals surface area contributed by atoms with Crippen molar-refractivity contribution >= 4 is 32.9 Å². The molecule has 0 saturated carbocycles. The lowest BCUT2D eigenvalue weighted by molar-refractivity contribution is 0.0701. The summed E-state index contributed by atoms with van der Waals surface area (Å²) in [5, 5.41) is 0.924. The van der Waals surface area contributed by atoms with Gasteiger partial charge < -0.3 is 9.15 Å². The summed E-state index contributed by atoms with van der Waals surface area (Å²) in [6.07, 6.45) is 0. The second kappa shape index (κ2) is 5.37. The first-order valence-electron chi connectivity index (χ1n) is 6.52. The highest BCUT2D eigenvalue weighted by molar-refractivity contribution is 9.10. The van der Waals surface area contributed by atoms with E-state index in [1.54, 1.807) is 6.07 Å². The Labute approximate surface area is 130 Å². The third-order valence-electron chi connectivity index (χ3n) is 3.32. The number of furan rings is 1. The quantitative estimate of drug-likeness (QED) is 0.483. The number of esters is 1. The largest absolute Gasteiger partial charge is 0.449 e. The molecule has 0 amide bonds. The van der Waals surface area contributed by atoms with Crippen LogP contribution in [0.3, 0.4) is 0 Å². The summed E-state index contributed by atoms with van der Waals surface area (Å²) in [6.45, 7) is 3.83. The third-order valence-corrected chi connectivity index (χ3v) is 3.94. The maximum atomic E-state index is 12.3. The van der Waals surface area contributed by atoms with Crippen LogP contribution < -0.4 is 4.74 Å². The van der Waals surface area contributed by atoms with E-state index in [4.69, 9.17) is 9.15 Å². The van der Waals surface area contributed by atoms with Crippen molar-refractivity contribution in [1.29, 1.82) is 0 Å². The Hall–Kier alpha value is -2.07. The lowest BCUT2D eigenvalue weighted by Crippen LogP contribution is -2.09. The van der Waals surface area contributed by atoms with Gasteiger partial charge in [-0.15, -0.1) is 0 Å². The number of benzene rings is 2. The molecule has 3 rings (SSSR count). The van der Waals surface area contributed by atoms with E-state index in [0.717, 1.165) is 21.0 Å². The van der Waals surface area contributed by atoms with Crippen LogP contribution in [0, 0.1) is 13.8 Å². The third kappa shape index (κ3) is 2.59. The molecule has 0 atom stereocenters. The van der Waals surface area contributed by atoms with E-state index in [2.05, 4.69) is 15.9 Å². The van der Waals surface area contributed by atoms with Gasteiger partial charge in [0, 0.05) is 10.9 Å². The molecular formula is C17H13BrO3. The van der Waals surface area contributed by atoms with Crippen molar-refractivity contribution < 1.29 is 13.9 Å². The topological polar surface area (TPSA) is 39.4 Å². The van der Waals surface area contributed by atoms with Crippen molar-refractivity contribution in [3.63, 3.8) is 0 Å². The van der Waals surface area contributed by atoms with E-state index in [9.17, 15) is 4.79 Å². The Morgan fingerprint density at radius 3 is 2.62 bits per heavy atom. The Morgan fingerprint density at radius 1 is 1.14 bits per heavy atom. The SMILES string of the molecule is Cc1ccc(OC(=O)c2oc3ccccc3c2C)c(Br)c1. The minimum absolute atomic E-state index is 0.240. The molecule has 0 bridgehead atoms. The van der Waals surface area contributed by atoms with Crippen LogP contribution in [0.1, 0.15) is 21.7 Å². The van der Waals surface area contributed by atoms with Crippen molar-refractivity contribution in [2.45, 2.75) is 13.8 Å². The van der Waals surface area contributed by atoms with Gasteiger partial charge in [-0.1, -0.05) is 24.3 Å². The van der Waals surface area contributed by atoms with Gasteiger partial charge in [-0.25, -0.2) is 4.79 Å². The summed E-state index contributed by atoms with van der Waals surface area (Å²) in [4.78, 5) is 12.3. The molecule has 4 heteroatoms. The molecular weight excluding hydrogens is 332 g/mol. The first kappa shape index (κ1) is 13.9. The fourth-order valence-electron chi connectivity index (χ4n) is 2.20. The zero-order valence-corrected chi connectivity index (χ0v) is 13.2. The lowest BCUT2D eigenvalue weighted by atomic mass is 10.1. The summed E-state index contributed by atoms with van der Waals surface area (Å²) < 4.78 is 11.8. The number of halogens is 1. The van der Waals surface area contributed by atoms with Gasteiger partial charge in [0.1, 0.15) is 11.3 Å². The molecule has 0 aliphatic rings. The minimum Gasteiger partial charge on any atom is -0.449 e. The average molecular weight is 345 g/mol. The van der Waals surface area contributed by atoms with Crippen LogP contribution in [-0.2, 0) is 0 Å². The molecule has 1 heterocycles. The molecule has 0 aliphatic carbocycles. The summed E-state index contributed by atoms with van der Waals surface area (Å²) in [6, 6.07) is 13.1. The van der Waals surface area contributed by atoms with E-state index in [0.29, 0.717) is 11.3 Å². The number of hydrogen-bond donors (Lipinski definition) is 0. The zero-order valence-electron chi connectivity index (χ0n) is 11.6. The van der Waals surface area contributed by atoms with E-state index < -0.39 is 5.97 Å². The van der Waals surface area contributed by atoms with Gasteiger partial charge in [0.05, 0.1) is 4.47 Å². The molecule has 1 aromatic heterocycles. The smallest absolute Gasteiger partial charge is 0.379 e. The second-order valence-electron chi connectivity index (χ2n) is 4.88. The van der Waals surface area contributed by atoms with Crippen LogP contribution in [0.5, 0.6) is 5.75 Å². The van der Waals surface area contributed by atoms with Gasteiger partial charge in [0.15, 0.2) is 0 Å². The maximum Gasteiger partial charge on any atom is 0.379 e. The fourth-order valence-corrected chi connectivity index (χ4v) is 2.78. The van der Waals surface area contributed by atoms with Crippen LogP contribution in [-0.4, -0.2) is 5.97 Å². The fraction of sp³-hybridized carbons (Fsp3) is 0.118. The number of ether oxygens (including phenoxy) is 1. The maximum absolute atomic E-state index is 12.3.